The van der Waals surface area contributed by atoms with Gasteiger partial charge in [-0.2, -0.15) is 0 Å². The Balaban J connectivity index is 2.24. The molecule has 26 heavy (non-hydrogen) atoms. The molecule has 0 heterocycles. The second-order valence-corrected chi connectivity index (χ2v) is 6.11. The van der Waals surface area contributed by atoms with Crippen LogP contribution in [0, 0.1) is 0 Å². The zero-order chi connectivity index (χ0) is 18.6. The van der Waals surface area contributed by atoms with Crippen LogP contribution in [0.25, 0.3) is 0 Å². The average molecular weight is 345 g/mol. The number of allylic oxidation sites excluding steroid dienone is 3. The number of nitrogens with one attached hydrogen (secondary N) is 1. The van der Waals surface area contributed by atoms with Crippen LogP contribution in [-0.4, -0.2) is 25.3 Å². The summed E-state index contributed by atoms with van der Waals surface area (Å²) in [7, 11) is 1.89. The molecule has 3 heteroatoms. The van der Waals surface area contributed by atoms with Crippen LogP contribution in [0.4, 0.5) is 0 Å². The molecule has 3 nitrogen and oxygen atoms in total. The first-order valence-electron chi connectivity index (χ1n) is 8.92. The van der Waals surface area contributed by atoms with E-state index in [1.165, 1.54) is 5.57 Å². The van der Waals surface area contributed by atoms with Gasteiger partial charge in [-0.1, -0.05) is 84.5 Å². The molecule has 0 aliphatic carbocycles. The van der Waals surface area contributed by atoms with E-state index in [2.05, 4.69) is 37.4 Å². The number of amidine groups is 2. The lowest BCUT2D eigenvalue weighted by Gasteiger charge is -2.08. The van der Waals surface area contributed by atoms with Gasteiger partial charge in [-0.15, -0.1) is 0 Å². The molecule has 2 rings (SSSR count). The molecule has 0 aliphatic heterocycles. The first-order valence-corrected chi connectivity index (χ1v) is 8.92. The summed E-state index contributed by atoms with van der Waals surface area (Å²) in [5, 5.41) is 3.19. The highest BCUT2D eigenvalue weighted by Gasteiger charge is 2.05. The van der Waals surface area contributed by atoms with Gasteiger partial charge >= 0.3 is 0 Å². The highest BCUT2D eigenvalue weighted by atomic mass is 15.0. The molecule has 0 aliphatic rings. The maximum absolute atomic E-state index is 4.80. The van der Waals surface area contributed by atoms with Gasteiger partial charge in [-0.25, -0.2) is 4.99 Å². The molecule has 0 unspecified atom stereocenters. The number of aliphatic imine (C=N–C) groups is 2. The Morgan fingerprint density at radius 2 is 1.54 bits per heavy atom. The van der Waals surface area contributed by atoms with Crippen LogP contribution in [0.3, 0.4) is 0 Å². The normalized spacial score (nSPS) is 12.3. The smallest absolute Gasteiger partial charge is 0.157 e. The van der Waals surface area contributed by atoms with E-state index in [0.717, 1.165) is 29.2 Å². The Morgan fingerprint density at radius 3 is 2.12 bits per heavy atom. The maximum Gasteiger partial charge on any atom is 0.157 e. The highest BCUT2D eigenvalue weighted by molar-refractivity contribution is 6.11. The lowest BCUT2D eigenvalue weighted by atomic mass is 10.2. The molecule has 0 spiro atoms. The van der Waals surface area contributed by atoms with Crippen LogP contribution in [0.5, 0.6) is 0 Å². The molecular formula is C23H27N3. The average Bonchev–Trinajstić information content (AvgIpc) is 2.68. The largest absolute Gasteiger partial charge is 0.373 e. The molecule has 2 aromatic rings. The summed E-state index contributed by atoms with van der Waals surface area (Å²) in [6.45, 7) is 4.88. The van der Waals surface area contributed by atoms with Crippen molar-refractivity contribution in [2.24, 2.45) is 9.98 Å². The number of nitrogens with zero attached hydrogens (tertiary/aromatic N) is 2. The predicted octanol–water partition coefficient (Wildman–Crippen LogP) is 5.01. The third-order valence-electron chi connectivity index (χ3n) is 3.66. The third kappa shape index (κ3) is 6.52. The van der Waals surface area contributed by atoms with Gasteiger partial charge in [0.05, 0.1) is 0 Å². The maximum atomic E-state index is 4.80. The zero-order valence-corrected chi connectivity index (χ0v) is 15.8. The fourth-order valence-corrected chi connectivity index (χ4v) is 2.35. The minimum Gasteiger partial charge on any atom is -0.373 e. The van der Waals surface area contributed by atoms with Crippen LogP contribution in [-0.2, 0) is 0 Å². The van der Waals surface area contributed by atoms with Crippen LogP contribution in [0.2, 0.25) is 0 Å². The monoisotopic (exact) mass is 345 g/mol. The van der Waals surface area contributed by atoms with Crippen LogP contribution in [0.1, 0.15) is 31.4 Å². The van der Waals surface area contributed by atoms with E-state index >= 15 is 0 Å². The minimum absolute atomic E-state index is 0.701. The Labute approximate surface area is 156 Å². The molecule has 0 saturated carbocycles. The summed E-state index contributed by atoms with van der Waals surface area (Å²) in [6, 6.07) is 20.2. The SMILES string of the molecule is CN/C(=N\C(=N/CC/C=C\C=C(C)C)c1ccccc1)c1ccccc1. The summed E-state index contributed by atoms with van der Waals surface area (Å²) < 4.78 is 0. The first kappa shape index (κ1) is 19.4. The van der Waals surface area contributed by atoms with Crippen molar-refractivity contribution in [1.29, 1.82) is 0 Å². The van der Waals surface area contributed by atoms with Crippen molar-refractivity contribution in [3.63, 3.8) is 0 Å². The van der Waals surface area contributed by atoms with Crippen molar-refractivity contribution in [2.45, 2.75) is 20.3 Å². The Morgan fingerprint density at radius 1 is 0.923 bits per heavy atom. The molecule has 0 atom stereocenters. The van der Waals surface area contributed by atoms with Gasteiger partial charge in [0, 0.05) is 24.7 Å². The van der Waals surface area contributed by atoms with Crippen LogP contribution < -0.4 is 5.32 Å². The Bertz CT molecular complexity index is 781. The van der Waals surface area contributed by atoms with E-state index in [-0.39, 0.29) is 0 Å². The molecule has 0 saturated heterocycles. The summed E-state index contributed by atoms with van der Waals surface area (Å²) in [6.07, 6.45) is 7.21. The fraction of sp³-hybridized carbons (Fsp3) is 0.217. The lowest BCUT2D eigenvalue weighted by molar-refractivity contribution is 1.00. The molecule has 0 radical (unpaired) electrons. The summed E-state index contributed by atoms with van der Waals surface area (Å²) in [5.74, 6) is 1.56. The standard InChI is InChI=1S/C23H27N3/c1-19(2)13-7-6-12-18-25-23(21-16-10-5-11-17-21)26-22(24-3)20-14-8-4-9-15-20/h4-11,13-17H,12,18H2,1-3H3,(H,24,25,26)/b7-6-. The number of hydrogen-bond acceptors (Lipinski definition) is 1. The van der Waals surface area contributed by atoms with Gasteiger partial charge in [0.15, 0.2) is 5.84 Å². The molecule has 2 aromatic carbocycles. The van der Waals surface area contributed by atoms with E-state index in [0.29, 0.717) is 6.54 Å². The molecule has 1 N–H and O–H groups in total. The number of benzene rings is 2. The first-order chi connectivity index (χ1) is 12.7. The van der Waals surface area contributed by atoms with Crippen LogP contribution in [0.15, 0.2) is 94.4 Å². The lowest BCUT2D eigenvalue weighted by Crippen LogP contribution is -2.21. The van der Waals surface area contributed by atoms with Gasteiger partial charge in [-0.3, -0.25) is 4.99 Å². The number of rotatable bonds is 6. The van der Waals surface area contributed by atoms with Crippen molar-refractivity contribution in [3.05, 3.63) is 95.6 Å². The predicted molar refractivity (Wildman–Crippen MR) is 113 cm³/mol. The molecule has 0 aromatic heterocycles. The molecule has 0 fully saturated rings. The van der Waals surface area contributed by atoms with Gasteiger partial charge in [-0.05, 0) is 20.3 Å². The van der Waals surface area contributed by atoms with E-state index in [1.54, 1.807) is 0 Å². The van der Waals surface area contributed by atoms with Crippen molar-refractivity contribution in [1.82, 2.24) is 5.32 Å². The highest BCUT2D eigenvalue weighted by Crippen LogP contribution is 2.07. The van der Waals surface area contributed by atoms with E-state index in [4.69, 9.17) is 9.98 Å². The fourth-order valence-electron chi connectivity index (χ4n) is 2.35. The van der Waals surface area contributed by atoms with Crippen molar-refractivity contribution >= 4 is 11.7 Å². The molecule has 0 bridgehead atoms. The minimum atomic E-state index is 0.701. The molecular weight excluding hydrogens is 318 g/mol. The second kappa shape index (κ2) is 10.8. The zero-order valence-electron chi connectivity index (χ0n) is 15.8. The van der Waals surface area contributed by atoms with Crippen molar-refractivity contribution in [3.8, 4) is 0 Å². The molecule has 134 valence electrons. The Kier molecular flexibility index (Phi) is 8.07. The van der Waals surface area contributed by atoms with E-state index in [1.807, 2.05) is 67.7 Å². The quantitative estimate of drug-likeness (QED) is 0.340. The third-order valence-corrected chi connectivity index (χ3v) is 3.66. The topological polar surface area (TPSA) is 36.8 Å². The second-order valence-electron chi connectivity index (χ2n) is 6.11. The number of hydrogen-bond donors (Lipinski definition) is 1. The summed E-state index contributed by atoms with van der Waals surface area (Å²) in [5.41, 5.74) is 3.35. The van der Waals surface area contributed by atoms with Crippen molar-refractivity contribution in [2.75, 3.05) is 13.6 Å². The summed E-state index contributed by atoms with van der Waals surface area (Å²) in [4.78, 5) is 9.54. The summed E-state index contributed by atoms with van der Waals surface area (Å²) >= 11 is 0. The van der Waals surface area contributed by atoms with E-state index < -0.39 is 0 Å². The van der Waals surface area contributed by atoms with Crippen LogP contribution >= 0.6 is 0 Å². The van der Waals surface area contributed by atoms with E-state index in [9.17, 15) is 0 Å². The van der Waals surface area contributed by atoms with Gasteiger partial charge in [0.25, 0.3) is 0 Å². The molecule has 0 amide bonds. The van der Waals surface area contributed by atoms with Gasteiger partial charge in [0.1, 0.15) is 5.84 Å². The Hall–Kier alpha value is -2.94. The van der Waals surface area contributed by atoms with Crippen molar-refractivity contribution < 1.29 is 0 Å². The van der Waals surface area contributed by atoms with Gasteiger partial charge in [0.2, 0.25) is 0 Å². The van der Waals surface area contributed by atoms with Gasteiger partial charge < -0.3 is 5.32 Å².